The summed E-state index contributed by atoms with van der Waals surface area (Å²) >= 11 is 0. The Morgan fingerprint density at radius 3 is 2.33 bits per heavy atom. The summed E-state index contributed by atoms with van der Waals surface area (Å²) in [6, 6.07) is 11.6. The van der Waals surface area contributed by atoms with E-state index in [1.165, 1.54) is 44.3 Å². The molecule has 0 bridgehead atoms. The van der Waals surface area contributed by atoms with Crippen LogP contribution in [0.3, 0.4) is 0 Å². The second-order valence-electron chi connectivity index (χ2n) is 4.43. The quantitative estimate of drug-likeness (QED) is 0.725. The van der Waals surface area contributed by atoms with Crippen LogP contribution in [0.25, 0.3) is 0 Å². The van der Waals surface area contributed by atoms with Crippen molar-refractivity contribution < 1.29 is 0 Å². The molecule has 0 aliphatic carbocycles. The summed E-state index contributed by atoms with van der Waals surface area (Å²) < 4.78 is 0. The van der Waals surface area contributed by atoms with E-state index in [2.05, 4.69) is 42.2 Å². The first-order chi connectivity index (χ1) is 7.42. The summed E-state index contributed by atoms with van der Waals surface area (Å²) in [6.45, 7) is 4.87. The van der Waals surface area contributed by atoms with Crippen LogP contribution in [0.4, 0.5) is 0 Å². The van der Waals surface area contributed by atoms with Crippen LogP contribution in [-0.2, 0) is 0 Å². The van der Waals surface area contributed by atoms with Crippen LogP contribution in [0, 0.1) is 0 Å². The molecule has 0 saturated carbocycles. The topological polar surface area (TPSA) is 3.24 Å². The van der Waals surface area contributed by atoms with Gasteiger partial charge in [0.25, 0.3) is 0 Å². The normalized spacial score (nSPS) is 20.1. The number of hydrogen-bond acceptors (Lipinski definition) is 1. The van der Waals surface area contributed by atoms with Crippen LogP contribution in [0.1, 0.15) is 44.2 Å². The van der Waals surface area contributed by atoms with Gasteiger partial charge in [-0.15, -0.1) is 0 Å². The maximum atomic E-state index is 2.65. The zero-order valence-electron chi connectivity index (χ0n) is 9.65. The largest absolute Gasteiger partial charge is 0.296 e. The first kappa shape index (κ1) is 10.7. The second kappa shape index (κ2) is 5.32. The molecule has 15 heavy (non-hydrogen) atoms. The fraction of sp³-hybridized carbons (Fsp3) is 0.571. The van der Waals surface area contributed by atoms with Gasteiger partial charge in [-0.05, 0) is 37.9 Å². The highest BCUT2D eigenvalue weighted by Gasteiger charge is 2.19. The van der Waals surface area contributed by atoms with Crippen molar-refractivity contribution in [3.8, 4) is 0 Å². The van der Waals surface area contributed by atoms with Crippen molar-refractivity contribution in [1.29, 1.82) is 0 Å². The van der Waals surface area contributed by atoms with Crippen LogP contribution in [0.5, 0.6) is 0 Å². The molecule has 0 amide bonds. The Labute approximate surface area is 93.1 Å². The number of nitrogens with zero attached hydrogens (tertiary/aromatic N) is 1. The molecule has 1 atom stereocenters. The molecule has 1 heterocycles. The molecular weight excluding hydrogens is 182 g/mol. The standard InChI is InChI=1S/C14H21N/c1-2-14(13-9-5-3-6-10-13)15-11-7-4-8-12-15/h3,5-6,9-10,14H,2,4,7-8,11-12H2,1H3. The van der Waals surface area contributed by atoms with Crippen molar-refractivity contribution >= 4 is 0 Å². The summed E-state index contributed by atoms with van der Waals surface area (Å²) in [5.41, 5.74) is 1.49. The minimum atomic E-state index is 0.645. The minimum absolute atomic E-state index is 0.645. The van der Waals surface area contributed by atoms with E-state index < -0.39 is 0 Å². The van der Waals surface area contributed by atoms with Gasteiger partial charge in [-0.1, -0.05) is 43.7 Å². The van der Waals surface area contributed by atoms with E-state index in [4.69, 9.17) is 0 Å². The average molecular weight is 203 g/mol. The molecule has 1 unspecified atom stereocenters. The lowest BCUT2D eigenvalue weighted by Crippen LogP contribution is -2.33. The molecule has 1 aromatic rings. The molecule has 1 aromatic carbocycles. The number of rotatable bonds is 3. The summed E-state index contributed by atoms with van der Waals surface area (Å²) in [4.78, 5) is 2.65. The van der Waals surface area contributed by atoms with Gasteiger partial charge in [0.05, 0.1) is 0 Å². The van der Waals surface area contributed by atoms with Crippen molar-refractivity contribution in [2.75, 3.05) is 13.1 Å². The van der Waals surface area contributed by atoms with Crippen LogP contribution >= 0.6 is 0 Å². The summed E-state index contributed by atoms with van der Waals surface area (Å²) in [6.07, 6.45) is 5.40. The molecule has 0 spiro atoms. The van der Waals surface area contributed by atoms with Gasteiger partial charge in [0.2, 0.25) is 0 Å². The molecule has 2 rings (SSSR count). The lowest BCUT2D eigenvalue weighted by molar-refractivity contribution is 0.159. The van der Waals surface area contributed by atoms with Gasteiger partial charge in [-0.25, -0.2) is 0 Å². The highest BCUT2D eigenvalue weighted by Crippen LogP contribution is 2.26. The van der Waals surface area contributed by atoms with Crippen LogP contribution in [0.2, 0.25) is 0 Å². The predicted octanol–water partition coefficient (Wildman–Crippen LogP) is 3.62. The zero-order valence-corrected chi connectivity index (χ0v) is 9.65. The number of benzene rings is 1. The van der Waals surface area contributed by atoms with Crippen LogP contribution in [-0.4, -0.2) is 18.0 Å². The molecule has 82 valence electrons. The molecular formula is C14H21N. The molecule has 1 fully saturated rings. The fourth-order valence-corrected chi connectivity index (χ4v) is 2.61. The van der Waals surface area contributed by atoms with Crippen molar-refractivity contribution in [2.24, 2.45) is 0 Å². The van der Waals surface area contributed by atoms with Crippen LogP contribution in [0.15, 0.2) is 30.3 Å². The van der Waals surface area contributed by atoms with E-state index in [1.807, 2.05) is 0 Å². The Hall–Kier alpha value is -0.820. The van der Waals surface area contributed by atoms with Crippen molar-refractivity contribution in [1.82, 2.24) is 4.90 Å². The van der Waals surface area contributed by atoms with Gasteiger partial charge in [0.1, 0.15) is 0 Å². The fourth-order valence-electron chi connectivity index (χ4n) is 2.61. The number of likely N-dealkylation sites (tertiary alicyclic amines) is 1. The first-order valence-corrected chi connectivity index (χ1v) is 6.21. The van der Waals surface area contributed by atoms with Crippen LogP contribution < -0.4 is 0 Å². The molecule has 0 radical (unpaired) electrons. The Kier molecular flexibility index (Phi) is 3.79. The van der Waals surface area contributed by atoms with Gasteiger partial charge >= 0.3 is 0 Å². The number of hydrogen-bond donors (Lipinski definition) is 0. The van der Waals surface area contributed by atoms with E-state index in [1.54, 1.807) is 0 Å². The van der Waals surface area contributed by atoms with Crippen molar-refractivity contribution in [2.45, 2.75) is 38.6 Å². The predicted molar refractivity (Wildman–Crippen MR) is 64.9 cm³/mol. The molecule has 1 aliphatic heterocycles. The maximum absolute atomic E-state index is 2.65. The molecule has 1 heteroatoms. The van der Waals surface area contributed by atoms with E-state index in [0.717, 1.165) is 0 Å². The Bertz CT molecular complexity index is 275. The lowest BCUT2D eigenvalue weighted by atomic mass is 10.00. The van der Waals surface area contributed by atoms with Crippen molar-refractivity contribution in [3.05, 3.63) is 35.9 Å². The van der Waals surface area contributed by atoms with Crippen molar-refractivity contribution in [3.63, 3.8) is 0 Å². The van der Waals surface area contributed by atoms with Gasteiger partial charge in [0.15, 0.2) is 0 Å². The monoisotopic (exact) mass is 203 g/mol. The SMILES string of the molecule is CCC(c1ccccc1)N1CCCCC1. The second-order valence-corrected chi connectivity index (χ2v) is 4.43. The highest BCUT2D eigenvalue weighted by molar-refractivity contribution is 5.19. The summed E-state index contributed by atoms with van der Waals surface area (Å²) in [7, 11) is 0. The third-order valence-corrected chi connectivity index (χ3v) is 3.40. The summed E-state index contributed by atoms with van der Waals surface area (Å²) in [5.74, 6) is 0. The van der Waals surface area contributed by atoms with Gasteiger partial charge in [-0.2, -0.15) is 0 Å². The molecule has 1 aliphatic rings. The minimum Gasteiger partial charge on any atom is -0.296 e. The molecule has 1 nitrogen and oxygen atoms in total. The third-order valence-electron chi connectivity index (χ3n) is 3.40. The van der Waals surface area contributed by atoms with E-state index in [9.17, 15) is 0 Å². The van der Waals surface area contributed by atoms with E-state index in [-0.39, 0.29) is 0 Å². The first-order valence-electron chi connectivity index (χ1n) is 6.21. The zero-order chi connectivity index (χ0) is 10.5. The third kappa shape index (κ3) is 2.60. The summed E-state index contributed by atoms with van der Waals surface area (Å²) in [5, 5.41) is 0. The Morgan fingerprint density at radius 1 is 1.07 bits per heavy atom. The molecule has 0 N–H and O–H groups in total. The lowest BCUT2D eigenvalue weighted by Gasteiger charge is -2.34. The van der Waals surface area contributed by atoms with Gasteiger partial charge in [-0.3, -0.25) is 4.90 Å². The van der Waals surface area contributed by atoms with Gasteiger partial charge < -0.3 is 0 Å². The van der Waals surface area contributed by atoms with E-state index >= 15 is 0 Å². The Morgan fingerprint density at radius 2 is 1.73 bits per heavy atom. The average Bonchev–Trinajstić information content (AvgIpc) is 2.33. The maximum Gasteiger partial charge on any atom is 0.0345 e. The molecule has 1 saturated heterocycles. The highest BCUT2D eigenvalue weighted by atomic mass is 15.2. The molecule has 0 aromatic heterocycles. The smallest absolute Gasteiger partial charge is 0.0345 e. The van der Waals surface area contributed by atoms with E-state index in [0.29, 0.717) is 6.04 Å². The van der Waals surface area contributed by atoms with Gasteiger partial charge in [0, 0.05) is 6.04 Å². The number of piperidine rings is 1. The Balaban J connectivity index is 2.09.